The van der Waals surface area contributed by atoms with Gasteiger partial charge in [-0.25, -0.2) is 0 Å². The Morgan fingerprint density at radius 2 is 1.79 bits per heavy atom. The Morgan fingerprint density at radius 1 is 1.14 bits per heavy atom. The van der Waals surface area contributed by atoms with E-state index in [2.05, 4.69) is 20.8 Å². The van der Waals surface area contributed by atoms with Crippen molar-refractivity contribution < 1.29 is 5.11 Å². The molecule has 2 rings (SSSR count). The van der Waals surface area contributed by atoms with Gasteiger partial charge in [0.2, 0.25) is 0 Å². The molecule has 0 fully saturated rings. The quantitative estimate of drug-likeness (QED) is 0.703. The van der Waals surface area contributed by atoms with Crippen LogP contribution in [0.25, 0.3) is 0 Å². The van der Waals surface area contributed by atoms with Crippen molar-refractivity contribution in [2.75, 3.05) is 0 Å². The van der Waals surface area contributed by atoms with Crippen LogP contribution in [0.3, 0.4) is 0 Å². The summed E-state index contributed by atoms with van der Waals surface area (Å²) in [7, 11) is 0. The molecule has 14 heavy (non-hydrogen) atoms. The van der Waals surface area contributed by atoms with Crippen LogP contribution in [-0.4, -0.2) is 20.1 Å². The molecule has 1 atom stereocenters. The number of fused-ring (bicyclic) bond motifs is 1. The average molecular weight is 255 g/mol. The monoisotopic (exact) mass is 256 g/mol. The van der Waals surface area contributed by atoms with Crippen LogP contribution >= 0.6 is 0 Å². The van der Waals surface area contributed by atoms with E-state index in [1.165, 1.54) is 11.1 Å². The third-order valence-corrected chi connectivity index (χ3v) is 6.00. The van der Waals surface area contributed by atoms with Crippen LogP contribution in [0.4, 0.5) is 0 Å². The van der Waals surface area contributed by atoms with E-state index >= 15 is 0 Å². The molecule has 1 unspecified atom stereocenters. The molecule has 0 radical (unpaired) electrons. The second-order valence-electron chi connectivity index (χ2n) is 4.16. The molecule has 1 aromatic rings. The van der Waals surface area contributed by atoms with E-state index in [0.29, 0.717) is 20.7 Å². The summed E-state index contributed by atoms with van der Waals surface area (Å²) < 4.78 is 1.55. The minimum atomic E-state index is 0.520. The summed E-state index contributed by atoms with van der Waals surface area (Å²) >= 11 is 0.614. The van der Waals surface area contributed by atoms with Crippen molar-refractivity contribution in [2.45, 2.75) is 38.9 Å². The fraction of sp³-hybridized carbons (Fsp3) is 0.500. The molecule has 0 aromatic heterocycles. The van der Waals surface area contributed by atoms with Crippen LogP contribution in [0.2, 0.25) is 4.82 Å². The maximum atomic E-state index is 9.94. The Balaban J connectivity index is 2.70. The molecule has 1 aliphatic rings. The summed E-state index contributed by atoms with van der Waals surface area (Å²) in [5.74, 6) is 0.520. The Hall–Kier alpha value is -0.461. The molecule has 0 amide bonds. The number of phenols is 1. The van der Waals surface area contributed by atoms with Crippen molar-refractivity contribution in [3.63, 3.8) is 0 Å². The SMILES string of the molecule is Cc1c(C)c2c(c(C)c1O)CC(C)[Se]2. The number of hydrogen-bond donors (Lipinski definition) is 1. The predicted octanol–water partition coefficient (Wildman–Crippen LogP) is 2.01. The third-order valence-electron chi connectivity index (χ3n) is 3.15. The molecule has 1 nitrogen and oxygen atoms in total. The standard InChI is InChI=1S/C12H16OSe/c1-6-5-10-9(4)11(13)7(2)8(3)12(10)14-6/h6,13H,5H2,1-4H3. The predicted molar refractivity (Wildman–Crippen MR) is 60.8 cm³/mol. The molecule has 1 heterocycles. The molecule has 76 valence electrons. The summed E-state index contributed by atoms with van der Waals surface area (Å²) in [6.07, 6.45) is 1.16. The third kappa shape index (κ3) is 1.29. The fourth-order valence-electron chi connectivity index (χ4n) is 2.10. The summed E-state index contributed by atoms with van der Waals surface area (Å²) in [4.78, 5) is 0.802. The average Bonchev–Trinajstić information content (AvgIpc) is 2.54. The second kappa shape index (κ2) is 3.29. The Morgan fingerprint density at radius 3 is 2.43 bits per heavy atom. The van der Waals surface area contributed by atoms with Gasteiger partial charge in [-0.2, -0.15) is 0 Å². The van der Waals surface area contributed by atoms with Gasteiger partial charge in [0.25, 0.3) is 0 Å². The van der Waals surface area contributed by atoms with Gasteiger partial charge in [-0.15, -0.1) is 0 Å². The van der Waals surface area contributed by atoms with E-state index in [9.17, 15) is 5.11 Å². The van der Waals surface area contributed by atoms with Crippen molar-refractivity contribution in [3.8, 4) is 5.75 Å². The number of aromatic hydroxyl groups is 1. The van der Waals surface area contributed by atoms with Gasteiger partial charge in [0.1, 0.15) is 0 Å². The zero-order chi connectivity index (χ0) is 10.5. The van der Waals surface area contributed by atoms with E-state index in [1.54, 1.807) is 4.46 Å². The molecule has 0 saturated carbocycles. The second-order valence-corrected chi connectivity index (χ2v) is 7.20. The van der Waals surface area contributed by atoms with Gasteiger partial charge in [-0.05, 0) is 0 Å². The first-order valence-corrected chi connectivity index (χ1v) is 6.85. The molecule has 0 bridgehead atoms. The summed E-state index contributed by atoms with van der Waals surface area (Å²) in [5.41, 5.74) is 4.96. The van der Waals surface area contributed by atoms with E-state index in [1.807, 2.05) is 6.92 Å². The molecule has 0 aliphatic carbocycles. The van der Waals surface area contributed by atoms with Gasteiger partial charge < -0.3 is 0 Å². The number of benzene rings is 1. The van der Waals surface area contributed by atoms with E-state index in [4.69, 9.17) is 0 Å². The van der Waals surface area contributed by atoms with Crippen LogP contribution < -0.4 is 4.46 Å². The minimum absolute atomic E-state index is 0.520. The normalized spacial score (nSPS) is 19.9. The zero-order valence-electron chi connectivity index (χ0n) is 9.14. The van der Waals surface area contributed by atoms with E-state index in [0.717, 1.165) is 22.4 Å². The molecule has 0 spiro atoms. The molecular formula is C12H16OSe. The molecule has 1 aromatic carbocycles. The molecular weight excluding hydrogens is 239 g/mol. The van der Waals surface area contributed by atoms with Crippen LogP contribution in [0.1, 0.15) is 29.2 Å². The van der Waals surface area contributed by atoms with Crippen LogP contribution in [0, 0.1) is 20.8 Å². The molecule has 2 heteroatoms. The fourth-order valence-corrected chi connectivity index (χ4v) is 4.96. The topological polar surface area (TPSA) is 20.2 Å². The Kier molecular flexibility index (Phi) is 2.36. The Labute approximate surface area is 91.7 Å². The molecule has 1 aliphatic heterocycles. The summed E-state index contributed by atoms with van der Waals surface area (Å²) in [5, 5.41) is 9.94. The number of hydrogen-bond acceptors (Lipinski definition) is 1. The summed E-state index contributed by atoms with van der Waals surface area (Å²) in [6.45, 7) is 8.53. The van der Waals surface area contributed by atoms with E-state index < -0.39 is 0 Å². The van der Waals surface area contributed by atoms with Gasteiger partial charge >= 0.3 is 91.5 Å². The zero-order valence-corrected chi connectivity index (χ0v) is 10.9. The van der Waals surface area contributed by atoms with Crippen LogP contribution in [-0.2, 0) is 6.42 Å². The summed E-state index contributed by atoms with van der Waals surface area (Å²) in [6, 6.07) is 0. The van der Waals surface area contributed by atoms with Gasteiger partial charge in [0, 0.05) is 0 Å². The maximum absolute atomic E-state index is 9.94. The van der Waals surface area contributed by atoms with E-state index in [-0.39, 0.29) is 0 Å². The van der Waals surface area contributed by atoms with Gasteiger partial charge in [0.15, 0.2) is 0 Å². The number of phenolic OH excluding ortho intramolecular Hbond substituents is 1. The Bertz CT molecular complexity index is 359. The van der Waals surface area contributed by atoms with Crippen LogP contribution in [0.15, 0.2) is 0 Å². The van der Waals surface area contributed by atoms with Gasteiger partial charge in [0.05, 0.1) is 0 Å². The first-order valence-electron chi connectivity index (χ1n) is 5.00. The first kappa shape index (κ1) is 10.1. The van der Waals surface area contributed by atoms with Gasteiger partial charge in [-0.3, -0.25) is 0 Å². The van der Waals surface area contributed by atoms with Crippen molar-refractivity contribution in [1.29, 1.82) is 0 Å². The number of rotatable bonds is 0. The van der Waals surface area contributed by atoms with Crippen molar-refractivity contribution in [3.05, 3.63) is 22.3 Å². The van der Waals surface area contributed by atoms with Crippen molar-refractivity contribution >= 4 is 19.4 Å². The first-order chi connectivity index (χ1) is 6.52. The molecule has 0 saturated heterocycles. The van der Waals surface area contributed by atoms with Crippen molar-refractivity contribution in [2.24, 2.45) is 0 Å². The van der Waals surface area contributed by atoms with Gasteiger partial charge in [-0.1, -0.05) is 0 Å². The molecule has 1 N–H and O–H groups in total. The van der Waals surface area contributed by atoms with Crippen LogP contribution in [0.5, 0.6) is 5.75 Å². The van der Waals surface area contributed by atoms with Crippen molar-refractivity contribution in [1.82, 2.24) is 0 Å².